The molecule has 0 spiro atoms. The van der Waals surface area contributed by atoms with Crippen molar-refractivity contribution in [1.29, 1.82) is 0 Å². The van der Waals surface area contributed by atoms with Crippen LogP contribution in [0.4, 0.5) is 24.8 Å². The predicted molar refractivity (Wildman–Crippen MR) is 133 cm³/mol. The number of benzene rings is 2. The van der Waals surface area contributed by atoms with Crippen LogP contribution in [0, 0.1) is 11.3 Å². The van der Waals surface area contributed by atoms with Gasteiger partial charge < -0.3 is 14.6 Å². The summed E-state index contributed by atoms with van der Waals surface area (Å²) in [5, 5.41) is 3.36. The zero-order valence-corrected chi connectivity index (χ0v) is 20.1. The number of alkyl halides is 3. The van der Waals surface area contributed by atoms with Gasteiger partial charge in [0.2, 0.25) is 5.95 Å². The number of hydrogen-bond acceptors (Lipinski definition) is 4. The van der Waals surface area contributed by atoms with Crippen molar-refractivity contribution >= 4 is 34.5 Å². The van der Waals surface area contributed by atoms with Gasteiger partial charge in [0.05, 0.1) is 17.6 Å². The Morgan fingerprint density at radius 1 is 1.09 bits per heavy atom. The summed E-state index contributed by atoms with van der Waals surface area (Å²) in [5.74, 6) is 1.01. The Hall–Kier alpha value is -3.29. The fourth-order valence-electron chi connectivity index (χ4n) is 5.65. The second-order valence-electron chi connectivity index (χ2n) is 10.5. The van der Waals surface area contributed by atoms with Crippen LogP contribution in [0.2, 0.25) is 0 Å². The molecule has 2 heterocycles. The van der Waals surface area contributed by atoms with Crippen molar-refractivity contribution in [3.8, 4) is 5.75 Å². The van der Waals surface area contributed by atoms with Gasteiger partial charge in [0, 0.05) is 17.9 Å². The summed E-state index contributed by atoms with van der Waals surface area (Å²) >= 11 is 0. The number of halogens is 3. The van der Waals surface area contributed by atoms with Gasteiger partial charge in [-0.2, -0.15) is 0 Å². The number of allylic oxidation sites excluding steroid dienone is 1. The highest BCUT2D eigenvalue weighted by Gasteiger charge is 2.35. The maximum Gasteiger partial charge on any atom is 0.573 e. The molecule has 0 amide bonds. The summed E-state index contributed by atoms with van der Waals surface area (Å²) in [6.07, 6.45) is 2.37. The van der Waals surface area contributed by atoms with E-state index >= 15 is 0 Å². The van der Waals surface area contributed by atoms with Crippen LogP contribution in [0.3, 0.4) is 0 Å². The Labute approximate surface area is 202 Å². The number of rotatable bonds is 5. The number of anilines is 2. The molecule has 2 aromatic carbocycles. The smallest absolute Gasteiger partial charge is 0.406 e. The molecule has 0 radical (unpaired) electrons. The Balaban J connectivity index is 1.52. The highest BCUT2D eigenvalue weighted by atomic mass is 19.4. The number of aliphatic imine (C=N–C) groups is 1. The fourth-order valence-corrected chi connectivity index (χ4v) is 5.65. The van der Waals surface area contributed by atoms with Crippen LogP contribution in [0.1, 0.15) is 51.6 Å². The molecule has 3 aromatic rings. The Kier molecular flexibility index (Phi) is 5.85. The molecule has 1 aliphatic carbocycles. The highest BCUT2D eigenvalue weighted by Crippen LogP contribution is 2.46. The molecular formula is C27H29F3N4O. The van der Waals surface area contributed by atoms with Crippen molar-refractivity contribution in [2.45, 2.75) is 52.4 Å². The highest BCUT2D eigenvalue weighted by molar-refractivity contribution is 5.92. The van der Waals surface area contributed by atoms with E-state index in [4.69, 9.17) is 4.98 Å². The zero-order valence-electron chi connectivity index (χ0n) is 20.1. The summed E-state index contributed by atoms with van der Waals surface area (Å²) in [4.78, 5) is 9.23. The van der Waals surface area contributed by atoms with E-state index in [1.807, 2.05) is 12.3 Å². The van der Waals surface area contributed by atoms with Gasteiger partial charge >= 0.3 is 6.36 Å². The van der Waals surface area contributed by atoms with E-state index in [1.54, 1.807) is 12.1 Å². The summed E-state index contributed by atoms with van der Waals surface area (Å²) in [5.41, 5.74) is 5.03. The average molecular weight is 483 g/mol. The number of imidazole rings is 1. The van der Waals surface area contributed by atoms with Gasteiger partial charge in [0.1, 0.15) is 5.75 Å². The summed E-state index contributed by atoms with van der Waals surface area (Å²) in [7, 11) is 0. The third-order valence-corrected chi connectivity index (χ3v) is 6.78. The number of ether oxygens (including phenoxy) is 1. The van der Waals surface area contributed by atoms with Crippen molar-refractivity contribution in [2.24, 2.45) is 16.3 Å². The van der Waals surface area contributed by atoms with Crippen molar-refractivity contribution in [1.82, 2.24) is 9.55 Å². The topological polar surface area (TPSA) is 51.4 Å². The lowest BCUT2D eigenvalue weighted by Gasteiger charge is -2.40. The van der Waals surface area contributed by atoms with Gasteiger partial charge in [-0.25, -0.2) is 4.98 Å². The first-order valence-corrected chi connectivity index (χ1v) is 11.9. The van der Waals surface area contributed by atoms with Gasteiger partial charge in [-0.3, -0.25) is 4.99 Å². The molecule has 1 fully saturated rings. The van der Waals surface area contributed by atoms with Crippen molar-refractivity contribution in [2.75, 3.05) is 11.9 Å². The van der Waals surface area contributed by atoms with Crippen molar-refractivity contribution < 1.29 is 17.9 Å². The number of hydrogen-bond donors (Lipinski definition) is 1. The first kappa shape index (κ1) is 23.5. The first-order chi connectivity index (χ1) is 16.6. The Bertz CT molecular complexity index is 1290. The van der Waals surface area contributed by atoms with Crippen LogP contribution < -0.4 is 10.1 Å². The molecule has 5 rings (SSSR count). The number of fused-ring (bicyclic) bond motifs is 1. The second kappa shape index (κ2) is 8.73. The molecule has 0 unspecified atom stereocenters. The standard InChI is InChI=1S/C27H29F3N4O/c1-17-12-21(15-26(2,3)14-17)34-24-9-4-18(19-10-11-31-16-19)13-23(24)33-25(34)32-20-5-7-22(8-6-20)35-27(28,29)30/h4-11,13,17,21H,12,14-16H2,1-3H3,(H,32,33)/t17-,21+/m0/s1. The van der Waals surface area contributed by atoms with Crippen LogP contribution in [0.15, 0.2) is 53.5 Å². The van der Waals surface area contributed by atoms with Crippen LogP contribution in [0.25, 0.3) is 16.6 Å². The number of nitrogens with zero attached hydrogens (tertiary/aromatic N) is 3. The molecule has 1 aliphatic heterocycles. The zero-order chi connectivity index (χ0) is 24.8. The van der Waals surface area contributed by atoms with E-state index in [9.17, 15) is 13.2 Å². The number of aromatic nitrogens is 2. The number of nitrogens with one attached hydrogen (secondary N) is 1. The van der Waals surface area contributed by atoms with Crippen molar-refractivity contribution in [3.05, 3.63) is 54.1 Å². The van der Waals surface area contributed by atoms with E-state index in [2.05, 4.69) is 58.6 Å². The quantitative estimate of drug-likeness (QED) is 0.409. The minimum absolute atomic E-state index is 0.207. The molecule has 8 heteroatoms. The lowest BCUT2D eigenvalue weighted by atomic mass is 9.70. The first-order valence-electron chi connectivity index (χ1n) is 11.9. The van der Waals surface area contributed by atoms with Gasteiger partial charge in [-0.15, -0.1) is 13.2 Å². The maximum absolute atomic E-state index is 12.5. The van der Waals surface area contributed by atoms with E-state index in [-0.39, 0.29) is 17.2 Å². The molecule has 5 nitrogen and oxygen atoms in total. The molecule has 2 aliphatic rings. The lowest BCUT2D eigenvalue weighted by molar-refractivity contribution is -0.274. The van der Waals surface area contributed by atoms with E-state index in [1.165, 1.54) is 18.6 Å². The SMILES string of the molecule is C[C@H]1C[C@@H](n2c(Nc3ccc(OC(F)(F)F)cc3)nc3cc(C4=CC=NC4)ccc32)CC(C)(C)C1. The van der Waals surface area contributed by atoms with Crippen LogP contribution in [-0.4, -0.2) is 28.7 Å². The normalized spacial score (nSPS) is 21.8. The summed E-state index contributed by atoms with van der Waals surface area (Å²) in [6.45, 7) is 7.58. The van der Waals surface area contributed by atoms with Gasteiger partial charge in [0.25, 0.3) is 0 Å². The molecule has 0 saturated heterocycles. The summed E-state index contributed by atoms with van der Waals surface area (Å²) < 4.78 is 43.9. The Morgan fingerprint density at radius 3 is 2.51 bits per heavy atom. The molecule has 0 bridgehead atoms. The Morgan fingerprint density at radius 2 is 1.86 bits per heavy atom. The maximum atomic E-state index is 12.5. The molecule has 2 atom stereocenters. The van der Waals surface area contributed by atoms with E-state index in [0.717, 1.165) is 35.0 Å². The van der Waals surface area contributed by atoms with Gasteiger partial charge in [0.15, 0.2) is 0 Å². The fraction of sp³-hybridized carbons (Fsp3) is 0.407. The monoisotopic (exact) mass is 482 g/mol. The molecule has 1 N–H and O–H groups in total. The molecular weight excluding hydrogens is 453 g/mol. The minimum Gasteiger partial charge on any atom is -0.406 e. The van der Waals surface area contributed by atoms with Gasteiger partial charge in [-0.05, 0) is 84.2 Å². The predicted octanol–water partition coefficient (Wildman–Crippen LogP) is 7.53. The minimum atomic E-state index is -4.72. The largest absolute Gasteiger partial charge is 0.573 e. The van der Waals surface area contributed by atoms with Gasteiger partial charge in [-0.1, -0.05) is 26.8 Å². The second-order valence-corrected chi connectivity index (χ2v) is 10.5. The van der Waals surface area contributed by atoms with E-state index < -0.39 is 6.36 Å². The van der Waals surface area contributed by atoms with Crippen LogP contribution >= 0.6 is 0 Å². The third kappa shape index (κ3) is 5.21. The van der Waals surface area contributed by atoms with Crippen LogP contribution in [-0.2, 0) is 0 Å². The molecule has 184 valence electrons. The third-order valence-electron chi connectivity index (χ3n) is 6.78. The molecule has 1 aromatic heterocycles. The van der Waals surface area contributed by atoms with Crippen LogP contribution in [0.5, 0.6) is 5.75 Å². The summed E-state index contributed by atoms with van der Waals surface area (Å²) in [6, 6.07) is 12.3. The van der Waals surface area contributed by atoms with Crippen molar-refractivity contribution in [3.63, 3.8) is 0 Å². The molecule has 35 heavy (non-hydrogen) atoms. The average Bonchev–Trinajstić information content (AvgIpc) is 3.40. The molecule has 1 saturated carbocycles. The van der Waals surface area contributed by atoms with E-state index in [0.29, 0.717) is 24.1 Å². The lowest BCUT2D eigenvalue weighted by Crippen LogP contribution is -2.29.